The van der Waals surface area contributed by atoms with E-state index in [0.29, 0.717) is 5.92 Å². The van der Waals surface area contributed by atoms with E-state index in [9.17, 15) is 0 Å². The molecule has 4 heteroatoms. The van der Waals surface area contributed by atoms with Crippen molar-refractivity contribution in [1.29, 1.82) is 0 Å². The minimum Gasteiger partial charge on any atom is -0.381 e. The topological polar surface area (TPSA) is 39.1 Å². The van der Waals surface area contributed by atoms with Gasteiger partial charge in [0.15, 0.2) is 0 Å². The number of ether oxygens (including phenoxy) is 1. The maximum absolute atomic E-state index is 5.48. The fraction of sp³-hybridized carbons (Fsp3) is 0.769. The van der Waals surface area contributed by atoms with Crippen LogP contribution in [0.15, 0.2) is 12.4 Å². The largest absolute Gasteiger partial charge is 0.381 e. The Bertz CT molecular complexity index is 318. The van der Waals surface area contributed by atoms with Crippen LogP contribution in [0.25, 0.3) is 0 Å². The molecule has 0 saturated carbocycles. The SMILES string of the molecule is CCCCn1ccnc1NCC1CCCOC1. The van der Waals surface area contributed by atoms with Crippen LogP contribution >= 0.6 is 0 Å². The fourth-order valence-electron chi connectivity index (χ4n) is 2.19. The third kappa shape index (κ3) is 3.73. The lowest BCUT2D eigenvalue weighted by molar-refractivity contribution is 0.0594. The number of hydrogen-bond donors (Lipinski definition) is 1. The van der Waals surface area contributed by atoms with Crippen LogP contribution in [-0.4, -0.2) is 29.3 Å². The van der Waals surface area contributed by atoms with Crippen LogP contribution in [0, 0.1) is 5.92 Å². The number of nitrogens with one attached hydrogen (secondary N) is 1. The third-order valence-corrected chi connectivity index (χ3v) is 3.27. The molecular weight excluding hydrogens is 214 g/mol. The molecule has 0 aliphatic carbocycles. The van der Waals surface area contributed by atoms with E-state index in [0.717, 1.165) is 32.3 Å². The maximum atomic E-state index is 5.48. The number of anilines is 1. The smallest absolute Gasteiger partial charge is 0.202 e. The van der Waals surface area contributed by atoms with Gasteiger partial charge in [0.05, 0.1) is 6.61 Å². The van der Waals surface area contributed by atoms with Crippen LogP contribution in [0.2, 0.25) is 0 Å². The zero-order chi connectivity index (χ0) is 11.9. The Hall–Kier alpha value is -1.03. The van der Waals surface area contributed by atoms with Crippen molar-refractivity contribution in [2.45, 2.75) is 39.2 Å². The third-order valence-electron chi connectivity index (χ3n) is 3.27. The molecule has 1 aromatic heterocycles. The summed E-state index contributed by atoms with van der Waals surface area (Å²) in [5.74, 6) is 1.64. The molecule has 1 fully saturated rings. The van der Waals surface area contributed by atoms with E-state index in [1.54, 1.807) is 0 Å². The Morgan fingerprint density at radius 3 is 3.29 bits per heavy atom. The van der Waals surface area contributed by atoms with Crippen LogP contribution in [-0.2, 0) is 11.3 Å². The lowest BCUT2D eigenvalue weighted by atomic mass is 10.0. The molecule has 2 rings (SSSR count). The van der Waals surface area contributed by atoms with Gasteiger partial charge in [-0.25, -0.2) is 4.98 Å². The summed E-state index contributed by atoms with van der Waals surface area (Å²) in [7, 11) is 0. The Kier molecular flexibility index (Phi) is 4.86. The molecule has 1 aliphatic rings. The average Bonchev–Trinajstić information content (AvgIpc) is 2.82. The summed E-state index contributed by atoms with van der Waals surface area (Å²) in [5, 5.41) is 3.44. The first-order valence-electron chi connectivity index (χ1n) is 6.73. The summed E-state index contributed by atoms with van der Waals surface area (Å²) in [6, 6.07) is 0. The van der Waals surface area contributed by atoms with Crippen molar-refractivity contribution >= 4 is 5.95 Å². The number of rotatable bonds is 6. The van der Waals surface area contributed by atoms with Gasteiger partial charge in [-0.05, 0) is 25.2 Å². The van der Waals surface area contributed by atoms with Crippen molar-refractivity contribution in [2.75, 3.05) is 25.1 Å². The highest BCUT2D eigenvalue weighted by molar-refractivity contribution is 5.25. The Morgan fingerprint density at radius 1 is 1.59 bits per heavy atom. The fourth-order valence-corrected chi connectivity index (χ4v) is 2.19. The first-order chi connectivity index (χ1) is 8.40. The molecule has 0 radical (unpaired) electrons. The number of aromatic nitrogens is 2. The number of aryl methyl sites for hydroxylation is 1. The molecular formula is C13H23N3O. The van der Waals surface area contributed by atoms with Crippen molar-refractivity contribution in [3.05, 3.63) is 12.4 Å². The quantitative estimate of drug-likeness (QED) is 0.826. The van der Waals surface area contributed by atoms with Crippen molar-refractivity contribution in [2.24, 2.45) is 5.92 Å². The molecule has 96 valence electrons. The van der Waals surface area contributed by atoms with Gasteiger partial charge in [0.1, 0.15) is 0 Å². The summed E-state index contributed by atoms with van der Waals surface area (Å²) < 4.78 is 7.68. The highest BCUT2D eigenvalue weighted by Gasteiger charge is 2.14. The number of imidazole rings is 1. The molecule has 1 saturated heterocycles. The number of hydrogen-bond acceptors (Lipinski definition) is 3. The van der Waals surface area contributed by atoms with Gasteiger partial charge in [-0.3, -0.25) is 0 Å². The van der Waals surface area contributed by atoms with Crippen LogP contribution in [0.1, 0.15) is 32.6 Å². The zero-order valence-corrected chi connectivity index (χ0v) is 10.7. The Morgan fingerprint density at radius 2 is 2.53 bits per heavy atom. The van der Waals surface area contributed by atoms with Gasteiger partial charge in [-0.2, -0.15) is 0 Å². The molecule has 1 unspecified atom stereocenters. The second-order valence-electron chi connectivity index (χ2n) is 4.76. The van der Waals surface area contributed by atoms with Crippen molar-refractivity contribution in [3.63, 3.8) is 0 Å². The normalized spacial score (nSPS) is 20.4. The molecule has 0 spiro atoms. The van der Waals surface area contributed by atoms with Gasteiger partial charge < -0.3 is 14.6 Å². The summed E-state index contributed by atoms with van der Waals surface area (Å²) in [4.78, 5) is 4.36. The summed E-state index contributed by atoms with van der Waals surface area (Å²) in [6.07, 6.45) is 8.80. The summed E-state index contributed by atoms with van der Waals surface area (Å²) >= 11 is 0. The van der Waals surface area contributed by atoms with Gasteiger partial charge in [-0.1, -0.05) is 13.3 Å². The number of nitrogens with zero attached hydrogens (tertiary/aromatic N) is 2. The van der Waals surface area contributed by atoms with Crippen molar-refractivity contribution in [3.8, 4) is 0 Å². The minimum atomic E-state index is 0.639. The first kappa shape index (κ1) is 12.4. The number of unbranched alkanes of at least 4 members (excludes halogenated alkanes) is 1. The molecule has 2 heterocycles. The van der Waals surface area contributed by atoms with Crippen molar-refractivity contribution in [1.82, 2.24) is 9.55 Å². The molecule has 1 atom stereocenters. The van der Waals surface area contributed by atoms with Gasteiger partial charge in [-0.15, -0.1) is 0 Å². The minimum absolute atomic E-state index is 0.639. The van der Waals surface area contributed by atoms with E-state index < -0.39 is 0 Å². The molecule has 1 N–H and O–H groups in total. The van der Waals surface area contributed by atoms with Gasteiger partial charge in [0, 0.05) is 32.1 Å². The van der Waals surface area contributed by atoms with Crippen LogP contribution in [0.4, 0.5) is 5.95 Å². The summed E-state index contributed by atoms with van der Waals surface area (Å²) in [5.41, 5.74) is 0. The molecule has 0 amide bonds. The lowest BCUT2D eigenvalue weighted by Gasteiger charge is -2.22. The van der Waals surface area contributed by atoms with E-state index in [-0.39, 0.29) is 0 Å². The van der Waals surface area contributed by atoms with E-state index in [1.807, 2.05) is 6.20 Å². The Balaban J connectivity index is 1.79. The molecule has 1 aliphatic heterocycles. The van der Waals surface area contributed by atoms with Crippen LogP contribution in [0.5, 0.6) is 0 Å². The van der Waals surface area contributed by atoms with Crippen LogP contribution in [0.3, 0.4) is 0 Å². The van der Waals surface area contributed by atoms with Crippen LogP contribution < -0.4 is 5.32 Å². The van der Waals surface area contributed by atoms with E-state index in [1.165, 1.54) is 25.7 Å². The predicted octanol–water partition coefficient (Wildman–Crippen LogP) is 2.52. The molecule has 0 aromatic carbocycles. The van der Waals surface area contributed by atoms with E-state index >= 15 is 0 Å². The second-order valence-corrected chi connectivity index (χ2v) is 4.76. The maximum Gasteiger partial charge on any atom is 0.202 e. The monoisotopic (exact) mass is 237 g/mol. The highest BCUT2D eigenvalue weighted by Crippen LogP contribution is 2.14. The first-order valence-corrected chi connectivity index (χ1v) is 6.73. The van der Waals surface area contributed by atoms with E-state index in [4.69, 9.17) is 4.74 Å². The summed E-state index contributed by atoms with van der Waals surface area (Å²) in [6.45, 7) is 6.07. The molecule has 0 bridgehead atoms. The van der Waals surface area contributed by atoms with Gasteiger partial charge in [0.25, 0.3) is 0 Å². The van der Waals surface area contributed by atoms with E-state index in [2.05, 4.69) is 28.0 Å². The predicted molar refractivity (Wildman–Crippen MR) is 69.2 cm³/mol. The second kappa shape index (κ2) is 6.64. The zero-order valence-electron chi connectivity index (χ0n) is 10.7. The highest BCUT2D eigenvalue weighted by atomic mass is 16.5. The standard InChI is InChI=1S/C13H23N3O/c1-2-3-7-16-8-6-14-13(16)15-10-12-5-4-9-17-11-12/h6,8,12H,2-5,7,9-11H2,1H3,(H,14,15). The molecule has 1 aromatic rings. The van der Waals surface area contributed by atoms with Gasteiger partial charge >= 0.3 is 0 Å². The average molecular weight is 237 g/mol. The molecule has 4 nitrogen and oxygen atoms in total. The molecule has 17 heavy (non-hydrogen) atoms. The van der Waals surface area contributed by atoms with Gasteiger partial charge in [0.2, 0.25) is 5.95 Å². The lowest BCUT2D eigenvalue weighted by Crippen LogP contribution is -2.25. The Labute approximate surface area is 103 Å². The van der Waals surface area contributed by atoms with Crippen molar-refractivity contribution < 1.29 is 4.74 Å².